The highest BCUT2D eigenvalue weighted by Gasteiger charge is 2.35. The third-order valence-corrected chi connectivity index (χ3v) is 12.7. The predicted octanol–water partition coefficient (Wildman–Crippen LogP) is 14.0. The number of thiophene rings is 1. The third-order valence-electron chi connectivity index (χ3n) is 11.5. The molecule has 0 fully saturated rings. The first-order chi connectivity index (χ1) is 27.5. The van der Waals surface area contributed by atoms with Crippen molar-refractivity contribution in [1.29, 1.82) is 0 Å². The van der Waals surface area contributed by atoms with E-state index in [1.54, 1.807) is 0 Å². The van der Waals surface area contributed by atoms with Crippen molar-refractivity contribution in [3.63, 3.8) is 0 Å². The number of fused-ring (bicyclic) bond motifs is 8. The molecule has 0 spiro atoms. The molecule has 264 valence electrons. The molecule has 10 aromatic rings. The molecule has 56 heavy (non-hydrogen) atoms. The number of benzene rings is 7. The van der Waals surface area contributed by atoms with Gasteiger partial charge in [-0.2, -0.15) is 0 Å². The Balaban J connectivity index is 0.954. The minimum absolute atomic E-state index is 0.0923. The van der Waals surface area contributed by atoms with Gasteiger partial charge in [0.2, 0.25) is 0 Å². The first kappa shape index (κ1) is 32.7. The van der Waals surface area contributed by atoms with Crippen LogP contribution in [0.5, 0.6) is 0 Å². The average molecular weight is 734 g/mol. The first-order valence-electron chi connectivity index (χ1n) is 19.1. The molecule has 0 bridgehead atoms. The molecule has 3 nitrogen and oxygen atoms in total. The van der Waals surface area contributed by atoms with Gasteiger partial charge in [-0.25, -0.2) is 15.0 Å². The fraction of sp³-hybridized carbons (Fsp3) is 0.0577. The van der Waals surface area contributed by atoms with Crippen LogP contribution in [0, 0.1) is 0 Å². The van der Waals surface area contributed by atoms with Crippen molar-refractivity contribution in [1.82, 2.24) is 15.0 Å². The van der Waals surface area contributed by atoms with Gasteiger partial charge < -0.3 is 0 Å². The predicted molar refractivity (Wildman–Crippen MR) is 235 cm³/mol. The molecule has 0 aliphatic heterocycles. The van der Waals surface area contributed by atoms with E-state index in [0.717, 1.165) is 61.8 Å². The summed E-state index contributed by atoms with van der Waals surface area (Å²) in [5, 5.41) is 3.78. The fourth-order valence-corrected chi connectivity index (χ4v) is 9.83. The average Bonchev–Trinajstić information content (AvgIpc) is 3.76. The molecule has 0 amide bonds. The van der Waals surface area contributed by atoms with Gasteiger partial charge in [0, 0.05) is 48.5 Å². The van der Waals surface area contributed by atoms with E-state index in [1.807, 2.05) is 29.5 Å². The zero-order valence-corrected chi connectivity index (χ0v) is 31.8. The number of hydrogen-bond donors (Lipinski definition) is 0. The molecule has 7 aromatic carbocycles. The molecule has 0 unspecified atom stereocenters. The van der Waals surface area contributed by atoms with E-state index in [9.17, 15) is 0 Å². The second kappa shape index (κ2) is 12.7. The van der Waals surface area contributed by atoms with Gasteiger partial charge in [-0.15, -0.1) is 11.3 Å². The van der Waals surface area contributed by atoms with Crippen molar-refractivity contribution in [2.24, 2.45) is 0 Å². The van der Waals surface area contributed by atoms with Crippen molar-refractivity contribution in [2.45, 2.75) is 19.3 Å². The van der Waals surface area contributed by atoms with E-state index in [0.29, 0.717) is 0 Å². The second-order valence-corrected chi connectivity index (χ2v) is 16.2. The summed E-state index contributed by atoms with van der Waals surface area (Å²) in [6.45, 7) is 4.64. The lowest BCUT2D eigenvalue weighted by atomic mass is 9.82. The smallest absolute Gasteiger partial charge is 0.160 e. The standard InChI is InChI=1S/C52H35N3S/c1-52(2)42-17-9-6-14-38(42)39-29-28-37(30-43(39)52)46-31-45(54-51(55-46)36-12-4-3-5-13-36)34-24-20-32(21-25-34)33-22-26-35(27-23-33)49-50-48(40-15-7-10-18-44(40)53-49)41-16-8-11-19-47(41)56-50/h3-31H,1-2H3. The molecule has 0 saturated carbocycles. The molecular formula is C52H35N3S. The highest BCUT2D eigenvalue weighted by atomic mass is 32.1. The molecule has 3 aromatic heterocycles. The summed E-state index contributed by atoms with van der Waals surface area (Å²) in [5.41, 5.74) is 15.7. The molecule has 3 heterocycles. The van der Waals surface area contributed by atoms with Crippen molar-refractivity contribution in [3.8, 4) is 67.4 Å². The van der Waals surface area contributed by atoms with Crippen molar-refractivity contribution in [2.75, 3.05) is 0 Å². The van der Waals surface area contributed by atoms with E-state index in [1.165, 1.54) is 47.8 Å². The van der Waals surface area contributed by atoms with Gasteiger partial charge in [-0.1, -0.05) is 166 Å². The van der Waals surface area contributed by atoms with Gasteiger partial charge in [0.25, 0.3) is 0 Å². The van der Waals surface area contributed by atoms with Gasteiger partial charge in [-0.3, -0.25) is 0 Å². The van der Waals surface area contributed by atoms with Crippen LogP contribution < -0.4 is 0 Å². The summed E-state index contributed by atoms with van der Waals surface area (Å²) in [4.78, 5) is 15.5. The maximum atomic E-state index is 5.21. The number of para-hydroxylation sites is 1. The van der Waals surface area contributed by atoms with Crippen LogP contribution in [0.25, 0.3) is 98.5 Å². The van der Waals surface area contributed by atoms with Crippen LogP contribution in [0.3, 0.4) is 0 Å². The number of aromatic nitrogens is 3. The van der Waals surface area contributed by atoms with Crippen molar-refractivity contribution in [3.05, 3.63) is 187 Å². The van der Waals surface area contributed by atoms with E-state index >= 15 is 0 Å². The summed E-state index contributed by atoms with van der Waals surface area (Å²) < 4.78 is 2.52. The number of nitrogens with zero attached hydrogens (tertiary/aromatic N) is 3. The summed E-state index contributed by atoms with van der Waals surface area (Å²) in [6, 6.07) is 62.8. The minimum atomic E-state index is -0.0923. The van der Waals surface area contributed by atoms with E-state index < -0.39 is 0 Å². The normalized spacial score (nSPS) is 13.0. The number of pyridine rings is 1. The Hall–Kier alpha value is -6.75. The highest BCUT2D eigenvalue weighted by molar-refractivity contribution is 7.26. The molecule has 0 atom stereocenters. The Morgan fingerprint density at radius 2 is 1.02 bits per heavy atom. The van der Waals surface area contributed by atoms with Crippen LogP contribution in [0.1, 0.15) is 25.0 Å². The van der Waals surface area contributed by atoms with E-state index in [4.69, 9.17) is 15.0 Å². The molecule has 1 aliphatic rings. The zero-order valence-electron chi connectivity index (χ0n) is 31.0. The van der Waals surface area contributed by atoms with Crippen molar-refractivity contribution < 1.29 is 0 Å². The van der Waals surface area contributed by atoms with Crippen LogP contribution in [0.2, 0.25) is 0 Å². The summed E-state index contributed by atoms with van der Waals surface area (Å²) >= 11 is 1.83. The third kappa shape index (κ3) is 5.21. The maximum Gasteiger partial charge on any atom is 0.160 e. The summed E-state index contributed by atoms with van der Waals surface area (Å²) in [5.74, 6) is 0.718. The summed E-state index contributed by atoms with van der Waals surface area (Å²) in [7, 11) is 0. The second-order valence-electron chi connectivity index (χ2n) is 15.2. The lowest BCUT2D eigenvalue weighted by Gasteiger charge is -2.22. The Kier molecular flexibility index (Phi) is 7.38. The molecule has 4 heteroatoms. The lowest BCUT2D eigenvalue weighted by molar-refractivity contribution is 0.660. The van der Waals surface area contributed by atoms with Crippen LogP contribution in [0.15, 0.2) is 176 Å². The Labute approximate surface area is 329 Å². The molecule has 0 radical (unpaired) electrons. The SMILES string of the molecule is CC1(C)c2ccccc2-c2ccc(-c3cc(-c4ccc(-c5ccc(-c6nc7ccccc7c7c6sc6ccccc67)cc5)cc4)nc(-c4ccccc4)n3)cc21. The Bertz CT molecular complexity index is 3140. The van der Waals surface area contributed by atoms with Gasteiger partial charge in [0.15, 0.2) is 5.82 Å². The fourth-order valence-electron chi connectivity index (χ4n) is 8.61. The number of hydrogen-bond acceptors (Lipinski definition) is 4. The monoisotopic (exact) mass is 733 g/mol. The molecule has 1 aliphatic carbocycles. The Morgan fingerprint density at radius 1 is 0.429 bits per heavy atom. The number of rotatable bonds is 5. The quantitative estimate of drug-likeness (QED) is 0.177. The topological polar surface area (TPSA) is 38.7 Å². The maximum absolute atomic E-state index is 5.21. The molecule has 0 N–H and O–H groups in total. The van der Waals surface area contributed by atoms with Crippen molar-refractivity contribution >= 4 is 42.4 Å². The largest absolute Gasteiger partial charge is 0.246 e. The van der Waals surface area contributed by atoms with Crippen LogP contribution >= 0.6 is 11.3 Å². The Morgan fingerprint density at radius 3 is 1.80 bits per heavy atom. The highest BCUT2D eigenvalue weighted by Crippen LogP contribution is 2.49. The lowest BCUT2D eigenvalue weighted by Crippen LogP contribution is -2.14. The summed E-state index contributed by atoms with van der Waals surface area (Å²) in [6.07, 6.45) is 0. The first-order valence-corrected chi connectivity index (χ1v) is 19.9. The van der Waals surface area contributed by atoms with Crippen LogP contribution in [0.4, 0.5) is 0 Å². The molecule has 0 saturated heterocycles. The van der Waals surface area contributed by atoms with Crippen LogP contribution in [-0.4, -0.2) is 15.0 Å². The van der Waals surface area contributed by atoms with Crippen LogP contribution in [-0.2, 0) is 5.41 Å². The van der Waals surface area contributed by atoms with E-state index in [-0.39, 0.29) is 5.41 Å². The van der Waals surface area contributed by atoms with E-state index in [2.05, 4.69) is 172 Å². The molecular weight excluding hydrogens is 699 g/mol. The van der Waals surface area contributed by atoms with Gasteiger partial charge in [0.1, 0.15) is 0 Å². The van der Waals surface area contributed by atoms with Gasteiger partial charge in [-0.05, 0) is 57.6 Å². The van der Waals surface area contributed by atoms with Gasteiger partial charge >= 0.3 is 0 Å². The zero-order chi connectivity index (χ0) is 37.4. The minimum Gasteiger partial charge on any atom is -0.246 e. The van der Waals surface area contributed by atoms with Gasteiger partial charge in [0.05, 0.1) is 27.3 Å². The molecule has 11 rings (SSSR count).